The van der Waals surface area contributed by atoms with Gasteiger partial charge in [-0.1, -0.05) is 11.6 Å². The van der Waals surface area contributed by atoms with Gasteiger partial charge in [-0.25, -0.2) is 9.78 Å². The van der Waals surface area contributed by atoms with E-state index in [0.29, 0.717) is 0 Å². The molecular weight excluding hydrogens is 253 g/mol. The summed E-state index contributed by atoms with van der Waals surface area (Å²) in [6.07, 6.45) is 0.646. The maximum absolute atomic E-state index is 11.4. The lowest BCUT2D eigenvalue weighted by Crippen LogP contribution is -2.27. The van der Waals surface area contributed by atoms with E-state index in [9.17, 15) is 4.79 Å². The first-order valence-corrected chi connectivity index (χ1v) is 5.21. The lowest BCUT2D eigenvalue weighted by Gasteiger charge is -2.19. The molecule has 0 bridgehead atoms. The van der Waals surface area contributed by atoms with Crippen molar-refractivity contribution in [1.82, 2.24) is 9.97 Å². The van der Waals surface area contributed by atoms with Gasteiger partial charge in [-0.2, -0.15) is 4.98 Å². The predicted molar refractivity (Wildman–Crippen MR) is 61.9 cm³/mol. The van der Waals surface area contributed by atoms with Gasteiger partial charge >= 0.3 is 6.09 Å². The number of ether oxygens (including phenoxy) is 1. The second-order valence-electron chi connectivity index (χ2n) is 3.96. The number of carbonyl (C=O) groups is 1. The summed E-state index contributed by atoms with van der Waals surface area (Å²) in [5, 5.41) is 2.56. The zero-order valence-electron chi connectivity index (χ0n) is 9.04. The number of aromatic nitrogens is 2. The Hall–Kier alpha value is -1.07. The van der Waals surface area contributed by atoms with Gasteiger partial charge in [0.05, 0.1) is 6.20 Å². The number of amides is 1. The van der Waals surface area contributed by atoms with Crippen molar-refractivity contribution in [2.45, 2.75) is 26.4 Å². The Labute approximate surface area is 103 Å². The molecule has 5 nitrogen and oxygen atoms in total. The van der Waals surface area contributed by atoms with E-state index >= 15 is 0 Å². The molecule has 0 fully saturated rings. The molecule has 1 amide bonds. The van der Waals surface area contributed by atoms with Gasteiger partial charge in [-0.15, -0.1) is 0 Å². The highest BCUT2D eigenvalue weighted by atomic mass is 35.5. The number of carbonyl (C=O) groups excluding carboxylic acids is 1. The summed E-state index contributed by atoms with van der Waals surface area (Å²) in [6.45, 7) is 5.25. The highest BCUT2D eigenvalue weighted by molar-refractivity contribution is 6.34. The first kappa shape index (κ1) is 13.0. The molecule has 7 heteroatoms. The smallest absolute Gasteiger partial charge is 0.413 e. The second-order valence-corrected chi connectivity index (χ2v) is 4.71. The molecule has 0 aliphatic rings. The average molecular weight is 264 g/mol. The van der Waals surface area contributed by atoms with Gasteiger partial charge < -0.3 is 4.74 Å². The predicted octanol–water partition coefficient (Wildman–Crippen LogP) is 3.13. The van der Waals surface area contributed by atoms with Crippen molar-refractivity contribution < 1.29 is 9.53 Å². The molecule has 16 heavy (non-hydrogen) atoms. The maximum Gasteiger partial charge on any atom is 0.413 e. The largest absolute Gasteiger partial charge is 0.444 e. The van der Waals surface area contributed by atoms with Crippen molar-refractivity contribution in [3.63, 3.8) is 0 Å². The Morgan fingerprint density at radius 3 is 2.62 bits per heavy atom. The van der Waals surface area contributed by atoms with E-state index in [0.717, 1.165) is 0 Å². The first-order chi connectivity index (χ1) is 7.28. The van der Waals surface area contributed by atoms with Gasteiger partial charge in [0.2, 0.25) is 5.28 Å². The van der Waals surface area contributed by atoms with Crippen molar-refractivity contribution in [1.29, 1.82) is 0 Å². The van der Waals surface area contributed by atoms with Crippen molar-refractivity contribution >= 4 is 35.1 Å². The van der Waals surface area contributed by atoms with Crippen LogP contribution in [0.1, 0.15) is 20.8 Å². The Balaban J connectivity index is 2.73. The van der Waals surface area contributed by atoms with E-state index in [4.69, 9.17) is 27.9 Å². The van der Waals surface area contributed by atoms with Crippen LogP contribution in [0.2, 0.25) is 10.3 Å². The Bertz CT molecular complexity index is 404. The summed E-state index contributed by atoms with van der Waals surface area (Å²) in [7, 11) is 0. The summed E-state index contributed by atoms with van der Waals surface area (Å²) < 4.78 is 5.02. The lowest BCUT2D eigenvalue weighted by atomic mass is 10.2. The third-order valence-electron chi connectivity index (χ3n) is 1.33. The summed E-state index contributed by atoms with van der Waals surface area (Å²) in [5.74, 6) is 0.121. The van der Waals surface area contributed by atoms with Crippen LogP contribution < -0.4 is 5.32 Å². The number of hydrogen-bond acceptors (Lipinski definition) is 4. The SMILES string of the molecule is CC(C)(C)OC(=O)Nc1nc(Cl)ncc1Cl. The van der Waals surface area contributed by atoms with Crippen LogP contribution in [0.15, 0.2) is 6.20 Å². The number of anilines is 1. The van der Waals surface area contributed by atoms with Gasteiger partial charge in [0.15, 0.2) is 5.82 Å². The molecule has 0 atom stereocenters. The second kappa shape index (κ2) is 4.84. The fourth-order valence-electron chi connectivity index (χ4n) is 0.834. The number of nitrogens with one attached hydrogen (secondary N) is 1. The Morgan fingerprint density at radius 1 is 1.44 bits per heavy atom. The maximum atomic E-state index is 11.4. The van der Waals surface area contributed by atoms with Crippen LogP contribution >= 0.6 is 23.2 Å². The molecule has 0 unspecified atom stereocenters. The van der Waals surface area contributed by atoms with E-state index in [2.05, 4.69) is 15.3 Å². The van der Waals surface area contributed by atoms with Crippen LogP contribution in [0.4, 0.5) is 10.6 Å². The van der Waals surface area contributed by atoms with E-state index in [1.165, 1.54) is 6.20 Å². The van der Waals surface area contributed by atoms with Crippen molar-refractivity contribution in [2.24, 2.45) is 0 Å². The molecule has 0 aromatic carbocycles. The topological polar surface area (TPSA) is 64.1 Å². The summed E-state index contributed by atoms with van der Waals surface area (Å²) >= 11 is 11.3. The zero-order chi connectivity index (χ0) is 12.3. The van der Waals surface area contributed by atoms with Gasteiger partial charge in [-0.05, 0) is 32.4 Å². The highest BCUT2D eigenvalue weighted by Crippen LogP contribution is 2.20. The number of hydrogen-bond donors (Lipinski definition) is 1. The van der Waals surface area contributed by atoms with Crippen molar-refractivity contribution in [2.75, 3.05) is 5.32 Å². The Kier molecular flexibility index (Phi) is 3.93. The molecule has 1 N–H and O–H groups in total. The minimum absolute atomic E-state index is 0.00420. The molecule has 1 heterocycles. The summed E-state index contributed by atoms with van der Waals surface area (Å²) in [6, 6.07) is 0. The van der Waals surface area contributed by atoms with Gasteiger partial charge in [-0.3, -0.25) is 5.32 Å². The van der Waals surface area contributed by atoms with Crippen molar-refractivity contribution in [3.05, 3.63) is 16.5 Å². The Morgan fingerprint density at radius 2 is 2.06 bits per heavy atom. The normalized spacial score (nSPS) is 11.1. The van der Waals surface area contributed by atoms with E-state index in [1.54, 1.807) is 20.8 Å². The van der Waals surface area contributed by atoms with Crippen molar-refractivity contribution in [3.8, 4) is 0 Å². The molecule has 1 aromatic rings. The molecule has 0 saturated carbocycles. The third kappa shape index (κ3) is 4.20. The zero-order valence-corrected chi connectivity index (χ0v) is 10.6. The molecule has 0 aliphatic carbocycles. The van der Waals surface area contributed by atoms with Gasteiger partial charge in [0.1, 0.15) is 10.6 Å². The van der Waals surface area contributed by atoms with Gasteiger partial charge in [0.25, 0.3) is 0 Å². The first-order valence-electron chi connectivity index (χ1n) is 4.46. The summed E-state index contributed by atoms with van der Waals surface area (Å²) in [5.41, 5.74) is -0.590. The number of halogens is 2. The van der Waals surface area contributed by atoms with Crippen LogP contribution in [0.3, 0.4) is 0 Å². The van der Waals surface area contributed by atoms with Crippen LogP contribution in [0, 0.1) is 0 Å². The fraction of sp³-hybridized carbons (Fsp3) is 0.444. The van der Waals surface area contributed by atoms with E-state index in [1.807, 2.05) is 0 Å². The highest BCUT2D eigenvalue weighted by Gasteiger charge is 2.17. The molecule has 0 saturated heterocycles. The number of rotatable bonds is 1. The van der Waals surface area contributed by atoms with E-state index < -0.39 is 11.7 Å². The molecular formula is C9H11Cl2N3O2. The fourth-order valence-corrected chi connectivity index (χ4v) is 1.11. The molecule has 1 aromatic heterocycles. The van der Waals surface area contributed by atoms with Crippen LogP contribution in [0.5, 0.6) is 0 Å². The minimum Gasteiger partial charge on any atom is -0.444 e. The standard InChI is InChI=1S/C9H11Cl2N3O2/c1-9(2,3)16-8(15)14-6-5(10)4-12-7(11)13-6/h4H,1-3H3,(H,12,13,14,15). The van der Waals surface area contributed by atoms with Crippen LogP contribution in [-0.2, 0) is 4.74 Å². The summed E-state index contributed by atoms with van der Waals surface area (Å²) in [4.78, 5) is 18.8. The molecule has 88 valence electrons. The minimum atomic E-state index is -0.649. The quantitative estimate of drug-likeness (QED) is 0.791. The monoisotopic (exact) mass is 263 g/mol. The van der Waals surface area contributed by atoms with Crippen LogP contribution in [-0.4, -0.2) is 21.7 Å². The van der Waals surface area contributed by atoms with Gasteiger partial charge in [0, 0.05) is 0 Å². The molecule has 0 aliphatic heterocycles. The lowest BCUT2D eigenvalue weighted by molar-refractivity contribution is 0.0635. The number of nitrogens with zero attached hydrogens (tertiary/aromatic N) is 2. The van der Waals surface area contributed by atoms with E-state index in [-0.39, 0.29) is 16.1 Å². The molecule has 0 spiro atoms. The third-order valence-corrected chi connectivity index (χ3v) is 1.79. The average Bonchev–Trinajstić information content (AvgIpc) is 2.08. The molecule has 0 radical (unpaired) electrons. The van der Waals surface area contributed by atoms with Crippen LogP contribution in [0.25, 0.3) is 0 Å². The molecule has 1 rings (SSSR count).